The van der Waals surface area contributed by atoms with Gasteiger partial charge < -0.3 is 20.4 Å². The van der Waals surface area contributed by atoms with E-state index in [0.717, 1.165) is 0 Å². The van der Waals surface area contributed by atoms with Gasteiger partial charge in [0, 0.05) is 19.1 Å². The number of amides is 1. The highest BCUT2D eigenvalue weighted by Gasteiger charge is 2.23. The summed E-state index contributed by atoms with van der Waals surface area (Å²) in [5.74, 6) is 0.590. The average molecular weight is 287 g/mol. The molecular formula is C11H15ClN4O3. The van der Waals surface area contributed by atoms with E-state index in [2.05, 4.69) is 15.3 Å². The first-order valence-corrected chi connectivity index (χ1v) is 6.32. The van der Waals surface area contributed by atoms with Crippen molar-refractivity contribution in [2.24, 2.45) is 0 Å². The predicted octanol–water partition coefficient (Wildman–Crippen LogP) is 1.70. The van der Waals surface area contributed by atoms with Crippen molar-refractivity contribution in [3.63, 3.8) is 0 Å². The second kappa shape index (κ2) is 5.48. The third kappa shape index (κ3) is 3.17. The van der Waals surface area contributed by atoms with Crippen LogP contribution in [0.2, 0.25) is 5.15 Å². The molecule has 2 rings (SSSR count). The molecule has 1 aromatic heterocycles. The Kier molecular flexibility index (Phi) is 3.94. The van der Waals surface area contributed by atoms with Gasteiger partial charge in [0.15, 0.2) is 16.7 Å². The number of halogens is 1. The van der Waals surface area contributed by atoms with Crippen molar-refractivity contribution in [3.05, 3.63) is 11.0 Å². The minimum atomic E-state index is -0.901. The number of nitrogens with one attached hydrogen (secondary N) is 1. The van der Waals surface area contributed by atoms with Crippen LogP contribution >= 0.6 is 11.6 Å². The summed E-state index contributed by atoms with van der Waals surface area (Å²) in [6.45, 7) is 2.61. The number of nitrogens with zero attached hydrogens (tertiary/aromatic N) is 3. The first kappa shape index (κ1) is 13.7. The monoisotopic (exact) mass is 286 g/mol. The topological polar surface area (TPSA) is 98.6 Å². The number of hydrogen-bond acceptors (Lipinski definition) is 5. The Hall–Kier alpha value is -1.76. The number of aromatic hydroxyl groups is 1. The number of piperidine rings is 1. The van der Waals surface area contributed by atoms with Gasteiger partial charge in [0.05, 0.1) is 0 Å². The highest BCUT2D eigenvalue weighted by Crippen LogP contribution is 2.29. The van der Waals surface area contributed by atoms with E-state index >= 15 is 0 Å². The molecule has 1 fully saturated rings. The summed E-state index contributed by atoms with van der Waals surface area (Å²) in [5, 5.41) is 21.7. The van der Waals surface area contributed by atoms with E-state index in [1.54, 1.807) is 6.92 Å². The third-order valence-electron chi connectivity index (χ3n) is 3.06. The Morgan fingerprint density at radius 2 is 2.05 bits per heavy atom. The van der Waals surface area contributed by atoms with Gasteiger partial charge in [-0.15, -0.1) is 0 Å². The molecule has 0 atom stereocenters. The van der Waals surface area contributed by atoms with Crippen molar-refractivity contribution in [2.45, 2.75) is 25.8 Å². The Morgan fingerprint density at radius 3 is 2.63 bits per heavy atom. The first-order chi connectivity index (χ1) is 8.97. The molecule has 0 saturated carbocycles. The van der Waals surface area contributed by atoms with Gasteiger partial charge in [-0.2, -0.15) is 0 Å². The lowest BCUT2D eigenvalue weighted by atomic mass is 10.1. The largest absolute Gasteiger partial charge is 0.502 e. The predicted molar refractivity (Wildman–Crippen MR) is 69.7 cm³/mol. The number of anilines is 1. The van der Waals surface area contributed by atoms with Crippen LogP contribution in [0.1, 0.15) is 18.7 Å². The maximum absolute atomic E-state index is 10.8. The smallest absolute Gasteiger partial charge is 0.407 e. The number of carbonyl (C=O) groups is 1. The van der Waals surface area contributed by atoms with Crippen LogP contribution in [0.3, 0.4) is 0 Å². The van der Waals surface area contributed by atoms with Crippen LogP contribution in [0, 0.1) is 6.92 Å². The van der Waals surface area contributed by atoms with Gasteiger partial charge >= 0.3 is 6.09 Å². The van der Waals surface area contributed by atoms with Gasteiger partial charge in [0.1, 0.15) is 5.82 Å². The molecule has 8 heteroatoms. The van der Waals surface area contributed by atoms with Gasteiger partial charge in [-0.05, 0) is 19.8 Å². The lowest BCUT2D eigenvalue weighted by Crippen LogP contribution is -2.41. The fourth-order valence-corrected chi connectivity index (χ4v) is 2.25. The second-order valence-corrected chi connectivity index (χ2v) is 4.81. The molecule has 0 spiro atoms. The van der Waals surface area contributed by atoms with Crippen molar-refractivity contribution in [1.82, 2.24) is 14.9 Å². The third-order valence-corrected chi connectivity index (χ3v) is 3.32. The van der Waals surface area contributed by atoms with Crippen molar-refractivity contribution >= 4 is 23.5 Å². The molecule has 7 nitrogen and oxygen atoms in total. The number of likely N-dealkylation sites (tertiary alicyclic amines) is 1. The molecule has 0 aliphatic carbocycles. The molecule has 1 saturated heterocycles. The minimum absolute atomic E-state index is 0.0120. The second-order valence-electron chi connectivity index (χ2n) is 4.45. The zero-order valence-electron chi connectivity index (χ0n) is 10.4. The molecular weight excluding hydrogens is 272 g/mol. The van der Waals surface area contributed by atoms with E-state index in [4.69, 9.17) is 16.7 Å². The Balaban J connectivity index is 2.01. The first-order valence-electron chi connectivity index (χ1n) is 5.95. The van der Waals surface area contributed by atoms with Crippen molar-refractivity contribution in [2.75, 3.05) is 18.4 Å². The molecule has 0 unspecified atom stereocenters. The number of aryl methyl sites for hydroxylation is 1. The fraction of sp³-hybridized carbons (Fsp3) is 0.545. The molecule has 1 amide bonds. The van der Waals surface area contributed by atoms with E-state index in [0.29, 0.717) is 37.6 Å². The lowest BCUT2D eigenvalue weighted by Gasteiger charge is -2.30. The molecule has 3 N–H and O–H groups in total. The molecule has 104 valence electrons. The molecule has 2 heterocycles. The fourth-order valence-electron chi connectivity index (χ4n) is 2.04. The molecule has 0 aromatic carbocycles. The summed E-state index contributed by atoms with van der Waals surface area (Å²) in [7, 11) is 0. The summed E-state index contributed by atoms with van der Waals surface area (Å²) in [6.07, 6.45) is 0.418. The van der Waals surface area contributed by atoms with Crippen LogP contribution in [-0.2, 0) is 0 Å². The number of hydrogen-bond donors (Lipinski definition) is 3. The molecule has 1 aliphatic rings. The van der Waals surface area contributed by atoms with E-state index < -0.39 is 6.09 Å². The maximum atomic E-state index is 10.8. The Bertz CT molecular complexity index is 489. The van der Waals surface area contributed by atoms with Crippen molar-refractivity contribution in [3.8, 4) is 5.75 Å². The summed E-state index contributed by atoms with van der Waals surface area (Å²) in [4.78, 5) is 20.1. The SMILES string of the molecule is Cc1nc(Cl)c(O)c(NC2CCN(C(=O)O)CC2)n1. The van der Waals surface area contributed by atoms with E-state index in [9.17, 15) is 9.90 Å². The van der Waals surface area contributed by atoms with Crippen LogP contribution in [-0.4, -0.2) is 50.3 Å². The zero-order chi connectivity index (χ0) is 14.0. The Labute approximate surface area is 115 Å². The molecule has 0 radical (unpaired) electrons. The molecule has 1 aromatic rings. The molecule has 1 aliphatic heterocycles. The van der Waals surface area contributed by atoms with Crippen molar-refractivity contribution < 1.29 is 15.0 Å². The molecule has 19 heavy (non-hydrogen) atoms. The highest BCUT2D eigenvalue weighted by molar-refractivity contribution is 6.31. The quantitative estimate of drug-likeness (QED) is 0.716. The van der Waals surface area contributed by atoms with Crippen LogP contribution in [0.5, 0.6) is 5.75 Å². The number of carboxylic acid groups (broad SMARTS) is 1. The molecule has 0 bridgehead atoms. The van der Waals surface area contributed by atoms with Crippen LogP contribution < -0.4 is 5.32 Å². The highest BCUT2D eigenvalue weighted by atomic mass is 35.5. The summed E-state index contributed by atoms with van der Waals surface area (Å²) in [6, 6.07) is 0.0619. The standard InChI is InChI=1S/C11H15ClN4O3/c1-6-13-9(12)8(17)10(14-6)15-7-2-4-16(5-3-7)11(18)19/h7,17H,2-5H2,1H3,(H,18,19)(H,13,14,15). The minimum Gasteiger partial charge on any atom is -0.502 e. The number of rotatable bonds is 2. The summed E-state index contributed by atoms with van der Waals surface area (Å²) in [5.41, 5.74) is 0. The van der Waals surface area contributed by atoms with Crippen molar-refractivity contribution in [1.29, 1.82) is 0 Å². The van der Waals surface area contributed by atoms with Gasteiger partial charge in [-0.3, -0.25) is 0 Å². The summed E-state index contributed by atoms with van der Waals surface area (Å²) >= 11 is 5.77. The van der Waals surface area contributed by atoms with E-state index in [-0.39, 0.29) is 16.9 Å². The van der Waals surface area contributed by atoms with Gasteiger partial charge in [-0.25, -0.2) is 14.8 Å². The normalized spacial score (nSPS) is 16.4. The van der Waals surface area contributed by atoms with Crippen LogP contribution in [0.4, 0.5) is 10.6 Å². The van der Waals surface area contributed by atoms with Crippen LogP contribution in [0.25, 0.3) is 0 Å². The van der Waals surface area contributed by atoms with E-state index in [1.165, 1.54) is 4.90 Å². The van der Waals surface area contributed by atoms with Gasteiger partial charge in [0.25, 0.3) is 0 Å². The van der Waals surface area contributed by atoms with Crippen LogP contribution in [0.15, 0.2) is 0 Å². The zero-order valence-corrected chi connectivity index (χ0v) is 11.2. The maximum Gasteiger partial charge on any atom is 0.407 e. The lowest BCUT2D eigenvalue weighted by molar-refractivity contribution is 0.133. The Morgan fingerprint density at radius 1 is 1.42 bits per heavy atom. The van der Waals surface area contributed by atoms with E-state index in [1.807, 2.05) is 0 Å². The average Bonchev–Trinajstić information content (AvgIpc) is 2.36. The van der Waals surface area contributed by atoms with Gasteiger partial charge in [0.2, 0.25) is 0 Å². The number of aromatic nitrogens is 2. The van der Waals surface area contributed by atoms with Gasteiger partial charge in [-0.1, -0.05) is 11.6 Å². The summed E-state index contributed by atoms with van der Waals surface area (Å²) < 4.78 is 0.